The van der Waals surface area contributed by atoms with Crippen molar-refractivity contribution in [1.29, 1.82) is 0 Å². The van der Waals surface area contributed by atoms with Crippen molar-refractivity contribution >= 4 is 11.6 Å². The average molecular weight is 433 g/mol. The minimum Gasteiger partial charge on any atom is -0.494 e. The van der Waals surface area contributed by atoms with Gasteiger partial charge in [0.2, 0.25) is 5.82 Å². The summed E-state index contributed by atoms with van der Waals surface area (Å²) in [5.74, 6) is -1.94. The number of likely N-dealkylation sites (tertiary alicyclic amines) is 1. The van der Waals surface area contributed by atoms with Crippen molar-refractivity contribution in [3.63, 3.8) is 0 Å². The molecule has 0 saturated carbocycles. The number of carbonyl (C=O) groups is 1. The van der Waals surface area contributed by atoms with Crippen LogP contribution in [-0.2, 0) is 16.1 Å². The van der Waals surface area contributed by atoms with Gasteiger partial charge in [0.25, 0.3) is 5.91 Å². The topological polar surface area (TPSA) is 63.7 Å². The average Bonchev–Trinajstić information content (AvgIpc) is 3.43. The second kappa shape index (κ2) is 11.2. The van der Waals surface area contributed by atoms with E-state index in [4.69, 9.17) is 4.74 Å². The summed E-state index contributed by atoms with van der Waals surface area (Å²) < 4.78 is 34.9. The van der Waals surface area contributed by atoms with Crippen LogP contribution in [0.3, 0.4) is 0 Å². The SMILES string of the molecule is CC1CCC(C(=O)Nc2ccnc(CN3CCCC3)c2)O1.COc1cccc(F)c1F. The fourth-order valence-electron chi connectivity index (χ4n) is 3.67. The van der Waals surface area contributed by atoms with Crippen LogP contribution in [0.5, 0.6) is 5.75 Å². The number of benzene rings is 1. The summed E-state index contributed by atoms with van der Waals surface area (Å²) in [6, 6.07) is 7.59. The van der Waals surface area contributed by atoms with Crippen LogP contribution in [0.25, 0.3) is 0 Å². The maximum absolute atomic E-state index is 12.5. The Balaban J connectivity index is 0.000000229. The van der Waals surface area contributed by atoms with E-state index >= 15 is 0 Å². The molecule has 0 radical (unpaired) electrons. The van der Waals surface area contributed by atoms with Gasteiger partial charge in [-0.15, -0.1) is 0 Å². The zero-order valence-electron chi connectivity index (χ0n) is 17.9. The number of hydrogen-bond acceptors (Lipinski definition) is 5. The van der Waals surface area contributed by atoms with E-state index in [-0.39, 0.29) is 23.9 Å². The zero-order chi connectivity index (χ0) is 22.2. The number of anilines is 1. The number of hydrogen-bond donors (Lipinski definition) is 1. The Morgan fingerprint density at radius 2 is 2.03 bits per heavy atom. The van der Waals surface area contributed by atoms with Crippen LogP contribution in [0.1, 0.15) is 38.3 Å². The standard InChI is InChI=1S/C16H23N3O2.C7H6F2O/c1-12-4-5-15(21-12)16(20)18-13-6-7-17-14(10-13)11-19-8-2-3-9-19;1-10-6-4-2-3-5(8)7(6)9/h6-7,10,12,15H,2-5,8-9,11H2,1H3,(H,17,18,20);2-4H,1H3. The minimum atomic E-state index is -0.940. The molecule has 31 heavy (non-hydrogen) atoms. The molecular formula is C23H29F2N3O3. The Hall–Kier alpha value is -2.58. The van der Waals surface area contributed by atoms with Crippen LogP contribution in [0.15, 0.2) is 36.5 Å². The third-order valence-electron chi connectivity index (χ3n) is 5.33. The molecule has 8 heteroatoms. The second-order valence-corrected chi connectivity index (χ2v) is 7.78. The predicted octanol–water partition coefficient (Wildman–Crippen LogP) is 4.16. The number of aromatic nitrogens is 1. The van der Waals surface area contributed by atoms with Crippen LogP contribution < -0.4 is 10.1 Å². The number of pyridine rings is 1. The molecule has 1 amide bonds. The number of halogens is 2. The highest BCUT2D eigenvalue weighted by Gasteiger charge is 2.28. The number of carbonyl (C=O) groups excluding carboxylic acids is 1. The Morgan fingerprint density at radius 3 is 2.68 bits per heavy atom. The maximum Gasteiger partial charge on any atom is 0.253 e. The summed E-state index contributed by atoms with van der Waals surface area (Å²) in [4.78, 5) is 18.9. The molecule has 2 saturated heterocycles. The Bertz CT molecular complexity index is 875. The zero-order valence-corrected chi connectivity index (χ0v) is 17.9. The van der Waals surface area contributed by atoms with Gasteiger partial charge in [0.05, 0.1) is 18.9 Å². The Morgan fingerprint density at radius 1 is 1.26 bits per heavy atom. The molecule has 168 valence electrons. The summed E-state index contributed by atoms with van der Waals surface area (Å²) in [5, 5.41) is 2.95. The summed E-state index contributed by atoms with van der Waals surface area (Å²) >= 11 is 0. The second-order valence-electron chi connectivity index (χ2n) is 7.78. The van der Waals surface area contributed by atoms with Crippen molar-refractivity contribution in [2.24, 2.45) is 0 Å². The molecule has 0 aliphatic carbocycles. The van der Waals surface area contributed by atoms with Crippen molar-refractivity contribution in [1.82, 2.24) is 9.88 Å². The van der Waals surface area contributed by atoms with Gasteiger partial charge < -0.3 is 14.8 Å². The van der Waals surface area contributed by atoms with E-state index in [1.54, 1.807) is 6.20 Å². The number of methoxy groups -OCH3 is 1. The molecule has 2 aromatic rings. The smallest absolute Gasteiger partial charge is 0.253 e. The fraction of sp³-hybridized carbons (Fsp3) is 0.478. The summed E-state index contributed by atoms with van der Waals surface area (Å²) in [6.45, 7) is 5.16. The molecule has 2 aliphatic heterocycles. The van der Waals surface area contributed by atoms with Crippen molar-refractivity contribution in [3.8, 4) is 5.75 Å². The van der Waals surface area contributed by atoms with Crippen LogP contribution in [0.2, 0.25) is 0 Å². The Labute approximate surface area is 181 Å². The van der Waals surface area contributed by atoms with E-state index < -0.39 is 11.6 Å². The molecule has 2 aliphatic rings. The number of rotatable bonds is 5. The normalized spacial score (nSPS) is 20.8. The van der Waals surface area contributed by atoms with Crippen molar-refractivity contribution in [2.75, 3.05) is 25.5 Å². The lowest BCUT2D eigenvalue weighted by molar-refractivity contribution is -0.126. The van der Waals surface area contributed by atoms with Gasteiger partial charge in [-0.3, -0.25) is 14.7 Å². The third-order valence-corrected chi connectivity index (χ3v) is 5.33. The largest absolute Gasteiger partial charge is 0.494 e. The quantitative estimate of drug-likeness (QED) is 0.767. The van der Waals surface area contributed by atoms with E-state index in [0.717, 1.165) is 49.9 Å². The van der Waals surface area contributed by atoms with Crippen LogP contribution in [-0.4, -0.2) is 48.2 Å². The number of nitrogens with zero attached hydrogens (tertiary/aromatic N) is 2. The van der Waals surface area contributed by atoms with Gasteiger partial charge >= 0.3 is 0 Å². The summed E-state index contributed by atoms with van der Waals surface area (Å²) in [5.41, 5.74) is 1.82. The molecule has 2 unspecified atom stereocenters. The van der Waals surface area contributed by atoms with Gasteiger partial charge in [-0.05, 0) is 70.0 Å². The molecule has 1 N–H and O–H groups in total. The number of amides is 1. The molecule has 1 aromatic carbocycles. The Kier molecular flexibility index (Phi) is 8.31. The first-order chi connectivity index (χ1) is 15.0. The monoisotopic (exact) mass is 433 g/mol. The van der Waals surface area contributed by atoms with Crippen LogP contribution in [0.4, 0.5) is 14.5 Å². The van der Waals surface area contributed by atoms with Crippen LogP contribution in [0, 0.1) is 11.6 Å². The van der Waals surface area contributed by atoms with Gasteiger partial charge in [-0.25, -0.2) is 4.39 Å². The number of ether oxygens (including phenoxy) is 2. The van der Waals surface area contributed by atoms with Gasteiger partial charge in [0.1, 0.15) is 6.10 Å². The summed E-state index contributed by atoms with van der Waals surface area (Å²) in [6.07, 6.45) is 5.94. The highest BCUT2D eigenvalue weighted by atomic mass is 19.2. The number of nitrogens with one attached hydrogen (secondary N) is 1. The van der Waals surface area contributed by atoms with Crippen molar-refractivity contribution in [3.05, 3.63) is 53.9 Å². The van der Waals surface area contributed by atoms with E-state index in [9.17, 15) is 13.6 Å². The summed E-state index contributed by atoms with van der Waals surface area (Å²) in [7, 11) is 1.29. The molecule has 2 atom stereocenters. The highest BCUT2D eigenvalue weighted by Crippen LogP contribution is 2.21. The first-order valence-electron chi connectivity index (χ1n) is 10.6. The van der Waals surface area contributed by atoms with Gasteiger partial charge in [0.15, 0.2) is 11.6 Å². The molecule has 6 nitrogen and oxygen atoms in total. The van der Waals surface area contributed by atoms with E-state index in [1.807, 2.05) is 19.1 Å². The molecular weight excluding hydrogens is 404 g/mol. The van der Waals surface area contributed by atoms with Gasteiger partial charge in [-0.2, -0.15) is 4.39 Å². The lowest BCUT2D eigenvalue weighted by atomic mass is 10.2. The highest BCUT2D eigenvalue weighted by molar-refractivity contribution is 5.94. The lowest BCUT2D eigenvalue weighted by Crippen LogP contribution is -2.27. The first-order valence-corrected chi connectivity index (χ1v) is 10.6. The van der Waals surface area contributed by atoms with E-state index in [2.05, 4.69) is 19.9 Å². The third kappa shape index (κ3) is 6.70. The molecule has 4 rings (SSSR count). The van der Waals surface area contributed by atoms with Crippen molar-refractivity contribution < 1.29 is 23.0 Å². The fourth-order valence-corrected chi connectivity index (χ4v) is 3.67. The van der Waals surface area contributed by atoms with Crippen molar-refractivity contribution in [2.45, 2.75) is 51.4 Å². The lowest BCUT2D eigenvalue weighted by Gasteiger charge is -2.15. The van der Waals surface area contributed by atoms with Gasteiger partial charge in [0, 0.05) is 18.4 Å². The van der Waals surface area contributed by atoms with Crippen LogP contribution >= 0.6 is 0 Å². The molecule has 2 fully saturated rings. The van der Waals surface area contributed by atoms with E-state index in [1.165, 1.54) is 32.1 Å². The molecule has 3 heterocycles. The molecule has 0 bridgehead atoms. The first kappa shape index (κ1) is 23.1. The molecule has 1 aromatic heterocycles. The minimum absolute atomic E-state index is 0.0438. The molecule has 0 spiro atoms. The van der Waals surface area contributed by atoms with E-state index in [0.29, 0.717) is 0 Å². The predicted molar refractivity (Wildman–Crippen MR) is 114 cm³/mol. The maximum atomic E-state index is 12.5. The van der Waals surface area contributed by atoms with Gasteiger partial charge in [-0.1, -0.05) is 6.07 Å².